The molecule has 0 aromatic heterocycles. The Kier molecular flexibility index (Phi) is 3.74. The summed E-state index contributed by atoms with van der Waals surface area (Å²) < 4.78 is 29.8. The Morgan fingerprint density at radius 3 is 2.42 bits per heavy atom. The Morgan fingerprint density at radius 2 is 1.79 bits per heavy atom. The predicted octanol–water partition coefficient (Wildman–Crippen LogP) is 3.02. The van der Waals surface area contributed by atoms with E-state index in [1.807, 2.05) is 13.0 Å². The molecule has 0 fully saturated rings. The molecule has 0 unspecified atom stereocenters. The standard InChI is InChI=1S/C15H14O3S/c1-12-4-3-5-14(9-6-12)19(16,17)15-10-7-13(18-2)8-11-15/h3-4,6-11H,1-2H3. The summed E-state index contributed by atoms with van der Waals surface area (Å²) in [6, 6.07) is 6.31. The van der Waals surface area contributed by atoms with Crippen LogP contribution in [0.3, 0.4) is 0 Å². The van der Waals surface area contributed by atoms with E-state index in [0.717, 1.165) is 5.57 Å². The lowest BCUT2D eigenvalue weighted by Gasteiger charge is -2.04. The lowest BCUT2D eigenvalue weighted by atomic mass is 10.3. The molecule has 3 nitrogen and oxygen atoms in total. The zero-order valence-corrected chi connectivity index (χ0v) is 11.6. The summed E-state index contributed by atoms with van der Waals surface area (Å²) in [5, 5.41) is 0. The molecule has 4 heteroatoms. The number of benzene rings is 1. The minimum Gasteiger partial charge on any atom is -0.497 e. The smallest absolute Gasteiger partial charge is 0.213 e. The minimum absolute atomic E-state index is 0.158. The fourth-order valence-corrected chi connectivity index (χ4v) is 2.83. The Labute approximate surface area is 113 Å². The number of rotatable bonds is 3. The van der Waals surface area contributed by atoms with Gasteiger partial charge < -0.3 is 4.74 Å². The van der Waals surface area contributed by atoms with Gasteiger partial charge in [-0.2, -0.15) is 0 Å². The molecule has 0 bridgehead atoms. The first-order chi connectivity index (χ1) is 9.04. The van der Waals surface area contributed by atoms with Crippen LogP contribution in [0.2, 0.25) is 0 Å². The molecule has 1 aromatic carbocycles. The van der Waals surface area contributed by atoms with E-state index in [4.69, 9.17) is 4.74 Å². The van der Waals surface area contributed by atoms with E-state index in [1.165, 1.54) is 19.2 Å². The molecule has 0 amide bonds. The zero-order chi connectivity index (χ0) is 13.9. The van der Waals surface area contributed by atoms with Gasteiger partial charge >= 0.3 is 0 Å². The van der Waals surface area contributed by atoms with Gasteiger partial charge in [-0.15, -0.1) is 5.73 Å². The zero-order valence-electron chi connectivity index (χ0n) is 10.8. The van der Waals surface area contributed by atoms with Crippen molar-refractivity contribution in [1.29, 1.82) is 0 Å². The van der Waals surface area contributed by atoms with Gasteiger partial charge in [-0.1, -0.05) is 17.7 Å². The molecule has 98 valence electrons. The topological polar surface area (TPSA) is 43.4 Å². The molecular weight excluding hydrogens is 260 g/mol. The van der Waals surface area contributed by atoms with Gasteiger partial charge in [0.2, 0.25) is 9.84 Å². The largest absolute Gasteiger partial charge is 0.497 e. The maximum Gasteiger partial charge on any atom is 0.213 e. The summed E-state index contributed by atoms with van der Waals surface area (Å²) >= 11 is 0. The molecule has 1 aromatic rings. The quantitative estimate of drug-likeness (QED) is 0.796. The molecule has 2 rings (SSSR count). The Hall–Kier alpha value is -2.03. The monoisotopic (exact) mass is 274 g/mol. The summed E-state index contributed by atoms with van der Waals surface area (Å²) in [6.07, 6.45) is 6.75. The molecule has 0 saturated heterocycles. The summed E-state index contributed by atoms with van der Waals surface area (Å²) in [7, 11) is -2.00. The van der Waals surface area contributed by atoms with Gasteiger partial charge in [-0.3, -0.25) is 0 Å². The number of sulfone groups is 1. The van der Waals surface area contributed by atoms with E-state index in [2.05, 4.69) is 5.73 Å². The van der Waals surface area contributed by atoms with Crippen molar-refractivity contribution in [1.82, 2.24) is 0 Å². The highest BCUT2D eigenvalue weighted by Crippen LogP contribution is 2.23. The van der Waals surface area contributed by atoms with Crippen molar-refractivity contribution < 1.29 is 13.2 Å². The number of allylic oxidation sites excluding steroid dienone is 4. The van der Waals surface area contributed by atoms with Crippen molar-refractivity contribution in [3.05, 3.63) is 64.8 Å². The lowest BCUT2D eigenvalue weighted by molar-refractivity contribution is 0.414. The summed E-state index contributed by atoms with van der Waals surface area (Å²) in [5.41, 5.74) is 3.77. The second kappa shape index (κ2) is 5.31. The highest BCUT2D eigenvalue weighted by atomic mass is 32.2. The maximum atomic E-state index is 12.4. The molecule has 19 heavy (non-hydrogen) atoms. The van der Waals surface area contributed by atoms with Crippen LogP contribution in [-0.4, -0.2) is 15.5 Å². The van der Waals surface area contributed by atoms with Crippen molar-refractivity contribution in [3.8, 4) is 5.75 Å². The molecule has 0 radical (unpaired) electrons. The van der Waals surface area contributed by atoms with Crippen LogP contribution >= 0.6 is 0 Å². The second-order valence-electron chi connectivity index (χ2n) is 4.10. The molecule has 1 aliphatic rings. The molecule has 0 saturated carbocycles. The summed E-state index contributed by atoms with van der Waals surface area (Å²) in [5.74, 6) is 0.623. The van der Waals surface area contributed by atoms with Gasteiger partial charge in [-0.05, 0) is 43.3 Å². The normalized spacial score (nSPS) is 14.6. The molecule has 0 N–H and O–H groups in total. The number of hydrogen-bond acceptors (Lipinski definition) is 3. The number of methoxy groups -OCH3 is 1. The number of ether oxygens (including phenoxy) is 1. The second-order valence-corrected chi connectivity index (χ2v) is 6.02. The van der Waals surface area contributed by atoms with Crippen molar-refractivity contribution in [2.75, 3.05) is 7.11 Å². The molecule has 0 heterocycles. The summed E-state index contributed by atoms with van der Waals surface area (Å²) in [6.45, 7) is 1.90. The van der Waals surface area contributed by atoms with E-state index in [0.29, 0.717) is 5.75 Å². The highest BCUT2D eigenvalue weighted by Gasteiger charge is 2.18. The number of hydrogen-bond donors (Lipinski definition) is 0. The average Bonchev–Trinajstić information content (AvgIpc) is 2.64. The van der Waals surface area contributed by atoms with Gasteiger partial charge in [0.15, 0.2) is 0 Å². The third-order valence-electron chi connectivity index (χ3n) is 2.73. The van der Waals surface area contributed by atoms with Gasteiger partial charge in [0.1, 0.15) is 10.7 Å². The average molecular weight is 274 g/mol. The van der Waals surface area contributed by atoms with E-state index in [1.54, 1.807) is 30.4 Å². The Bertz CT molecular complexity index is 698. The Balaban J connectivity index is 2.43. The fourth-order valence-electron chi connectivity index (χ4n) is 1.62. The van der Waals surface area contributed by atoms with Crippen molar-refractivity contribution >= 4 is 9.84 Å². The van der Waals surface area contributed by atoms with E-state index in [-0.39, 0.29) is 9.80 Å². The van der Waals surface area contributed by atoms with Crippen LogP contribution in [0.1, 0.15) is 6.92 Å². The minimum atomic E-state index is -3.54. The molecule has 0 aliphatic heterocycles. The molecule has 0 spiro atoms. The fraction of sp³-hybridized carbons (Fsp3) is 0.133. The highest BCUT2D eigenvalue weighted by molar-refractivity contribution is 7.95. The third kappa shape index (κ3) is 2.87. The van der Waals surface area contributed by atoms with Crippen LogP contribution in [0, 0.1) is 0 Å². The van der Waals surface area contributed by atoms with Gasteiger partial charge in [0.25, 0.3) is 0 Å². The van der Waals surface area contributed by atoms with Crippen molar-refractivity contribution in [2.24, 2.45) is 0 Å². The molecule has 0 atom stereocenters. The van der Waals surface area contributed by atoms with Crippen LogP contribution in [0.15, 0.2) is 69.7 Å². The van der Waals surface area contributed by atoms with E-state index < -0.39 is 9.84 Å². The lowest BCUT2D eigenvalue weighted by Crippen LogP contribution is -2.02. The molecular formula is C15H14O3S. The Morgan fingerprint density at radius 1 is 1.11 bits per heavy atom. The van der Waals surface area contributed by atoms with Crippen LogP contribution in [0.5, 0.6) is 5.75 Å². The van der Waals surface area contributed by atoms with Crippen molar-refractivity contribution in [2.45, 2.75) is 11.8 Å². The third-order valence-corrected chi connectivity index (χ3v) is 4.45. The first-order valence-electron chi connectivity index (χ1n) is 5.75. The first kappa shape index (κ1) is 13.4. The van der Waals surface area contributed by atoms with Gasteiger partial charge in [0.05, 0.1) is 12.0 Å². The SMILES string of the molecule is COc1ccc(S(=O)(=O)C2=C=CC=C(C)C=C2)cc1. The maximum absolute atomic E-state index is 12.4. The van der Waals surface area contributed by atoms with Crippen molar-refractivity contribution in [3.63, 3.8) is 0 Å². The van der Waals surface area contributed by atoms with Crippen LogP contribution in [0.4, 0.5) is 0 Å². The van der Waals surface area contributed by atoms with Gasteiger partial charge in [-0.25, -0.2) is 8.42 Å². The first-order valence-corrected chi connectivity index (χ1v) is 7.23. The van der Waals surface area contributed by atoms with E-state index in [9.17, 15) is 8.42 Å². The van der Waals surface area contributed by atoms with Crippen LogP contribution < -0.4 is 4.74 Å². The summed E-state index contributed by atoms with van der Waals surface area (Å²) in [4.78, 5) is 0.388. The molecule has 1 aliphatic carbocycles. The predicted molar refractivity (Wildman–Crippen MR) is 74.7 cm³/mol. The van der Waals surface area contributed by atoms with Crippen LogP contribution in [-0.2, 0) is 9.84 Å². The van der Waals surface area contributed by atoms with Gasteiger partial charge in [0, 0.05) is 0 Å². The van der Waals surface area contributed by atoms with Crippen LogP contribution in [0.25, 0.3) is 0 Å². The van der Waals surface area contributed by atoms with E-state index >= 15 is 0 Å².